The van der Waals surface area contributed by atoms with E-state index in [4.69, 9.17) is 15.3 Å². The molecule has 1 aromatic rings. The number of methoxy groups -OCH3 is 2. The van der Waals surface area contributed by atoms with Crippen LogP contribution in [-0.4, -0.2) is 14.2 Å². The van der Waals surface area contributed by atoms with Crippen LogP contribution in [0.25, 0.3) is 0 Å². The van der Waals surface area contributed by atoms with Gasteiger partial charge in [0.05, 0.1) is 20.3 Å². The second-order valence-electron chi connectivity index (χ2n) is 5.59. The number of nitrogens with two attached hydrogens (primary N) is 1. The number of hydrogen-bond donors (Lipinski definition) is 2. The van der Waals surface area contributed by atoms with Crippen molar-refractivity contribution in [1.82, 2.24) is 5.43 Å². The minimum atomic E-state index is 0.0371. The number of nitrogens with one attached hydrogen (secondary N) is 1. The van der Waals surface area contributed by atoms with Gasteiger partial charge >= 0.3 is 0 Å². The Bertz CT molecular complexity index is 386. The van der Waals surface area contributed by atoms with E-state index in [0.29, 0.717) is 0 Å². The van der Waals surface area contributed by atoms with Gasteiger partial charge < -0.3 is 9.47 Å². The van der Waals surface area contributed by atoms with Gasteiger partial charge in [-0.05, 0) is 30.0 Å². The summed E-state index contributed by atoms with van der Waals surface area (Å²) in [5.41, 5.74) is 4.06. The number of rotatable bonds is 5. The van der Waals surface area contributed by atoms with Crippen molar-refractivity contribution in [3.8, 4) is 11.5 Å². The molecule has 0 saturated carbocycles. The van der Waals surface area contributed by atoms with Crippen molar-refractivity contribution in [2.75, 3.05) is 14.2 Å². The normalized spacial score (nSPS) is 13.2. The van der Waals surface area contributed by atoms with E-state index < -0.39 is 0 Å². The van der Waals surface area contributed by atoms with Crippen LogP contribution in [0.2, 0.25) is 0 Å². The van der Waals surface area contributed by atoms with Gasteiger partial charge in [0.1, 0.15) is 11.5 Å². The molecule has 1 atom stereocenters. The van der Waals surface area contributed by atoms with Crippen molar-refractivity contribution >= 4 is 0 Å². The maximum Gasteiger partial charge on any atom is 0.123 e. The predicted octanol–water partition coefficient (Wildman–Crippen LogP) is 2.64. The number of hydrazine groups is 1. The third kappa shape index (κ3) is 3.89. The number of benzene rings is 1. The van der Waals surface area contributed by atoms with Gasteiger partial charge in [-0.1, -0.05) is 20.8 Å². The number of ether oxygens (including phenoxy) is 2. The van der Waals surface area contributed by atoms with Crippen LogP contribution >= 0.6 is 0 Å². The molecule has 4 heteroatoms. The van der Waals surface area contributed by atoms with Gasteiger partial charge in [0.25, 0.3) is 0 Å². The Morgan fingerprint density at radius 1 is 1.22 bits per heavy atom. The Kier molecular flexibility index (Phi) is 4.99. The Hall–Kier alpha value is -1.26. The van der Waals surface area contributed by atoms with Crippen LogP contribution in [0, 0.1) is 5.41 Å². The molecule has 0 amide bonds. The molecule has 0 heterocycles. The van der Waals surface area contributed by atoms with Crippen LogP contribution in [0.5, 0.6) is 11.5 Å². The Morgan fingerprint density at radius 2 is 1.89 bits per heavy atom. The first-order valence-corrected chi connectivity index (χ1v) is 6.09. The van der Waals surface area contributed by atoms with Crippen molar-refractivity contribution in [3.05, 3.63) is 23.8 Å². The van der Waals surface area contributed by atoms with Gasteiger partial charge in [0.15, 0.2) is 0 Å². The molecule has 0 aliphatic heterocycles. The first kappa shape index (κ1) is 14.8. The largest absolute Gasteiger partial charge is 0.497 e. The van der Waals surface area contributed by atoms with Gasteiger partial charge in [0.2, 0.25) is 0 Å². The second kappa shape index (κ2) is 6.07. The first-order chi connectivity index (χ1) is 8.41. The summed E-state index contributed by atoms with van der Waals surface area (Å²) in [6.07, 6.45) is 0.910. The molecule has 1 rings (SSSR count). The average molecular weight is 252 g/mol. The molecule has 1 aromatic carbocycles. The third-order valence-corrected chi connectivity index (χ3v) is 2.83. The minimum absolute atomic E-state index is 0.0371. The highest BCUT2D eigenvalue weighted by Gasteiger charge is 2.22. The van der Waals surface area contributed by atoms with Gasteiger partial charge in [-0.2, -0.15) is 0 Å². The molecule has 3 N–H and O–H groups in total. The summed E-state index contributed by atoms with van der Waals surface area (Å²) < 4.78 is 10.6. The zero-order valence-electron chi connectivity index (χ0n) is 11.9. The van der Waals surface area contributed by atoms with Crippen LogP contribution < -0.4 is 20.7 Å². The zero-order valence-corrected chi connectivity index (χ0v) is 11.9. The average Bonchev–Trinajstić information content (AvgIpc) is 2.34. The highest BCUT2D eigenvalue weighted by atomic mass is 16.5. The summed E-state index contributed by atoms with van der Waals surface area (Å²) in [5.74, 6) is 7.31. The van der Waals surface area contributed by atoms with Gasteiger partial charge in [-0.15, -0.1) is 0 Å². The SMILES string of the molecule is COc1ccc(OC)c(C(CC(C)(C)C)NN)c1. The van der Waals surface area contributed by atoms with Crippen LogP contribution in [0.3, 0.4) is 0 Å². The molecule has 0 aromatic heterocycles. The molecule has 1 unspecified atom stereocenters. The molecule has 4 nitrogen and oxygen atoms in total. The standard InChI is InChI=1S/C14H24N2O2/c1-14(2,3)9-12(16-15)11-8-10(17-4)6-7-13(11)18-5/h6-8,12,16H,9,15H2,1-5H3. The van der Waals surface area contributed by atoms with E-state index in [9.17, 15) is 0 Å². The molecule has 0 bridgehead atoms. The van der Waals surface area contributed by atoms with Crippen molar-refractivity contribution < 1.29 is 9.47 Å². The van der Waals surface area contributed by atoms with Gasteiger partial charge in [-0.25, -0.2) is 0 Å². The van der Waals surface area contributed by atoms with E-state index in [1.54, 1.807) is 14.2 Å². The lowest BCUT2D eigenvalue weighted by Gasteiger charge is -2.27. The fourth-order valence-electron chi connectivity index (χ4n) is 1.98. The summed E-state index contributed by atoms with van der Waals surface area (Å²) in [6.45, 7) is 6.55. The summed E-state index contributed by atoms with van der Waals surface area (Å²) in [4.78, 5) is 0. The minimum Gasteiger partial charge on any atom is -0.497 e. The predicted molar refractivity (Wildman–Crippen MR) is 73.7 cm³/mol. The summed E-state index contributed by atoms with van der Waals surface area (Å²) in [5, 5.41) is 0. The zero-order chi connectivity index (χ0) is 13.8. The number of hydrogen-bond acceptors (Lipinski definition) is 4. The monoisotopic (exact) mass is 252 g/mol. The van der Waals surface area contributed by atoms with Crippen LogP contribution in [0.4, 0.5) is 0 Å². The lowest BCUT2D eigenvalue weighted by Crippen LogP contribution is -2.31. The van der Waals surface area contributed by atoms with Crippen molar-refractivity contribution in [3.63, 3.8) is 0 Å². The van der Waals surface area contributed by atoms with Crippen molar-refractivity contribution in [1.29, 1.82) is 0 Å². The maximum absolute atomic E-state index is 5.68. The summed E-state index contributed by atoms with van der Waals surface area (Å²) in [7, 11) is 3.32. The Balaban J connectivity index is 3.09. The molecule has 0 radical (unpaired) electrons. The van der Waals surface area contributed by atoms with E-state index in [2.05, 4.69) is 26.2 Å². The molecule has 18 heavy (non-hydrogen) atoms. The molecular weight excluding hydrogens is 228 g/mol. The van der Waals surface area contributed by atoms with Crippen LogP contribution in [0.1, 0.15) is 38.8 Å². The highest BCUT2D eigenvalue weighted by Crippen LogP contribution is 2.35. The molecule has 0 saturated heterocycles. The molecule has 0 aliphatic carbocycles. The molecule has 102 valence electrons. The lowest BCUT2D eigenvalue weighted by atomic mass is 9.85. The molecule has 0 aliphatic rings. The van der Waals surface area contributed by atoms with E-state index in [0.717, 1.165) is 23.5 Å². The molecular formula is C14H24N2O2. The second-order valence-corrected chi connectivity index (χ2v) is 5.59. The Morgan fingerprint density at radius 3 is 2.33 bits per heavy atom. The lowest BCUT2D eigenvalue weighted by molar-refractivity contribution is 0.305. The van der Waals surface area contributed by atoms with Gasteiger partial charge in [0, 0.05) is 5.56 Å². The van der Waals surface area contributed by atoms with Gasteiger partial charge in [-0.3, -0.25) is 11.3 Å². The molecule has 0 spiro atoms. The van der Waals surface area contributed by atoms with Crippen molar-refractivity contribution in [2.24, 2.45) is 11.3 Å². The van der Waals surface area contributed by atoms with E-state index >= 15 is 0 Å². The summed E-state index contributed by atoms with van der Waals surface area (Å²) >= 11 is 0. The fourth-order valence-corrected chi connectivity index (χ4v) is 1.98. The first-order valence-electron chi connectivity index (χ1n) is 6.09. The van der Waals surface area contributed by atoms with Crippen molar-refractivity contribution in [2.45, 2.75) is 33.2 Å². The van der Waals surface area contributed by atoms with Crippen LogP contribution in [0.15, 0.2) is 18.2 Å². The van der Waals surface area contributed by atoms with Crippen LogP contribution in [-0.2, 0) is 0 Å². The van der Waals surface area contributed by atoms with E-state index in [-0.39, 0.29) is 11.5 Å². The molecule has 0 fully saturated rings. The summed E-state index contributed by atoms with van der Waals surface area (Å²) in [6, 6.07) is 5.79. The topological polar surface area (TPSA) is 56.5 Å². The van der Waals surface area contributed by atoms with E-state index in [1.807, 2.05) is 18.2 Å². The highest BCUT2D eigenvalue weighted by molar-refractivity contribution is 5.42. The third-order valence-electron chi connectivity index (χ3n) is 2.83. The maximum atomic E-state index is 5.68. The quantitative estimate of drug-likeness (QED) is 0.625. The smallest absolute Gasteiger partial charge is 0.123 e. The fraction of sp³-hybridized carbons (Fsp3) is 0.571. The Labute approximate surface area is 109 Å². The van der Waals surface area contributed by atoms with E-state index in [1.165, 1.54) is 0 Å².